The Morgan fingerprint density at radius 1 is 1.23 bits per heavy atom. The van der Waals surface area contributed by atoms with Gasteiger partial charge in [0.2, 0.25) is 5.91 Å². The molecule has 2 aromatic rings. The summed E-state index contributed by atoms with van der Waals surface area (Å²) in [5, 5.41) is 0.947. The van der Waals surface area contributed by atoms with E-state index in [1.807, 2.05) is 0 Å². The van der Waals surface area contributed by atoms with E-state index in [9.17, 15) is 22.8 Å². The van der Waals surface area contributed by atoms with Crippen LogP contribution in [0.3, 0.4) is 0 Å². The Morgan fingerprint density at radius 3 is 2.67 bits per heavy atom. The summed E-state index contributed by atoms with van der Waals surface area (Å²) in [6, 6.07) is 7.08. The molecule has 10 heteroatoms. The summed E-state index contributed by atoms with van der Waals surface area (Å²) in [6.45, 7) is 1.86. The highest BCUT2D eigenvalue weighted by atomic mass is 35.5. The lowest BCUT2D eigenvalue weighted by atomic mass is 9.89. The molecule has 0 bridgehead atoms. The van der Waals surface area contributed by atoms with E-state index >= 15 is 0 Å². The van der Waals surface area contributed by atoms with Gasteiger partial charge in [-0.05, 0) is 36.6 Å². The van der Waals surface area contributed by atoms with Crippen molar-refractivity contribution < 1.29 is 32.2 Å². The highest BCUT2D eigenvalue weighted by molar-refractivity contribution is 8.15. The second kappa shape index (κ2) is 7.70. The fraction of sp³-hybridized carbons (Fsp3) is 0.300. The lowest BCUT2D eigenvalue weighted by Gasteiger charge is -2.28. The van der Waals surface area contributed by atoms with E-state index < -0.39 is 22.0 Å². The largest absolute Gasteiger partial charge is 0.493 e. The number of fused-ring (bicyclic) bond motifs is 1. The number of ether oxygens (including phenoxy) is 2. The molecule has 2 aliphatic heterocycles. The van der Waals surface area contributed by atoms with Gasteiger partial charge in [-0.2, -0.15) is 13.2 Å². The molecule has 5 nitrogen and oxygen atoms in total. The summed E-state index contributed by atoms with van der Waals surface area (Å²) in [5.74, 6) is 0.538. The van der Waals surface area contributed by atoms with Crippen molar-refractivity contribution in [2.75, 3.05) is 6.61 Å². The number of benzene rings is 2. The van der Waals surface area contributed by atoms with Crippen LogP contribution in [0.1, 0.15) is 29.0 Å². The van der Waals surface area contributed by atoms with Gasteiger partial charge < -0.3 is 9.47 Å². The molecule has 2 aromatic carbocycles. The van der Waals surface area contributed by atoms with Crippen molar-refractivity contribution in [2.24, 2.45) is 0 Å². The topological polar surface area (TPSA) is 64.6 Å². The predicted molar refractivity (Wildman–Crippen MR) is 105 cm³/mol. The second-order valence-corrected chi connectivity index (χ2v) is 8.48. The molecule has 0 aromatic heterocycles. The summed E-state index contributed by atoms with van der Waals surface area (Å²) >= 11 is 6.76. The monoisotopic (exact) mass is 457 g/mol. The molecule has 1 N–H and O–H groups in total. The minimum atomic E-state index is -4.55. The van der Waals surface area contributed by atoms with Crippen molar-refractivity contribution in [1.82, 2.24) is 5.32 Å². The SMILES string of the molecule is Cc1cc(C(F)(F)F)c(Cl)cc1Oc1ccc2c(c1)OCC[C@H]2C1SC(=O)NC1=O. The number of halogens is 4. The third-order valence-electron chi connectivity index (χ3n) is 4.95. The van der Waals surface area contributed by atoms with Crippen LogP contribution in [0, 0.1) is 6.92 Å². The van der Waals surface area contributed by atoms with Crippen LogP contribution in [0.5, 0.6) is 17.2 Å². The molecule has 158 valence electrons. The molecule has 0 spiro atoms. The van der Waals surface area contributed by atoms with Gasteiger partial charge in [0, 0.05) is 18.1 Å². The smallest absolute Gasteiger partial charge is 0.417 e. The van der Waals surface area contributed by atoms with Gasteiger partial charge in [-0.3, -0.25) is 14.9 Å². The summed E-state index contributed by atoms with van der Waals surface area (Å²) in [5.41, 5.74) is 0.131. The van der Waals surface area contributed by atoms with Crippen molar-refractivity contribution in [3.8, 4) is 17.2 Å². The molecule has 0 saturated carbocycles. The van der Waals surface area contributed by atoms with Crippen LogP contribution < -0.4 is 14.8 Å². The van der Waals surface area contributed by atoms with Crippen LogP contribution >= 0.6 is 23.4 Å². The van der Waals surface area contributed by atoms with Crippen LogP contribution in [-0.4, -0.2) is 23.0 Å². The van der Waals surface area contributed by atoms with Crippen molar-refractivity contribution >= 4 is 34.5 Å². The Balaban J connectivity index is 1.60. The van der Waals surface area contributed by atoms with Gasteiger partial charge in [-0.25, -0.2) is 0 Å². The fourth-order valence-electron chi connectivity index (χ4n) is 3.53. The third-order valence-corrected chi connectivity index (χ3v) is 6.38. The number of carbonyl (C=O) groups is 2. The number of carbonyl (C=O) groups excluding carboxylic acids is 2. The highest BCUT2D eigenvalue weighted by Crippen LogP contribution is 2.44. The van der Waals surface area contributed by atoms with E-state index in [4.69, 9.17) is 21.1 Å². The molecular formula is C20H15ClF3NO4S. The normalized spacial score (nSPS) is 21.1. The molecule has 1 unspecified atom stereocenters. The summed E-state index contributed by atoms with van der Waals surface area (Å²) in [7, 11) is 0. The van der Waals surface area contributed by atoms with Gasteiger partial charge in [0.25, 0.3) is 5.24 Å². The zero-order valence-corrected chi connectivity index (χ0v) is 17.1. The number of imide groups is 1. The average molecular weight is 458 g/mol. The first-order valence-electron chi connectivity index (χ1n) is 8.97. The Bertz CT molecular complexity index is 1040. The lowest BCUT2D eigenvalue weighted by molar-refractivity contribution is -0.137. The number of thioether (sulfide) groups is 1. The van der Waals surface area contributed by atoms with Gasteiger partial charge >= 0.3 is 6.18 Å². The summed E-state index contributed by atoms with van der Waals surface area (Å²) < 4.78 is 50.4. The van der Waals surface area contributed by atoms with E-state index in [1.54, 1.807) is 18.2 Å². The van der Waals surface area contributed by atoms with E-state index in [2.05, 4.69) is 5.32 Å². The number of rotatable bonds is 3. The van der Waals surface area contributed by atoms with E-state index in [-0.39, 0.29) is 28.4 Å². The quantitative estimate of drug-likeness (QED) is 0.642. The average Bonchev–Trinajstić information content (AvgIpc) is 3.00. The summed E-state index contributed by atoms with van der Waals surface area (Å²) in [4.78, 5) is 23.6. The van der Waals surface area contributed by atoms with Gasteiger partial charge in [0.05, 0.1) is 17.2 Å². The van der Waals surface area contributed by atoms with Gasteiger partial charge in [-0.1, -0.05) is 29.4 Å². The number of aryl methyl sites for hydroxylation is 1. The molecule has 2 atom stereocenters. The lowest BCUT2D eigenvalue weighted by Crippen LogP contribution is -2.31. The van der Waals surface area contributed by atoms with E-state index in [1.165, 1.54) is 6.92 Å². The number of hydrogen-bond acceptors (Lipinski definition) is 5. The first kappa shape index (κ1) is 20.9. The first-order valence-corrected chi connectivity index (χ1v) is 10.2. The molecule has 1 fully saturated rings. The van der Waals surface area contributed by atoms with Crippen molar-refractivity contribution in [3.63, 3.8) is 0 Å². The number of alkyl halides is 3. The van der Waals surface area contributed by atoms with Crippen molar-refractivity contribution in [1.29, 1.82) is 0 Å². The van der Waals surface area contributed by atoms with Gasteiger partial charge in [0.15, 0.2) is 0 Å². The minimum Gasteiger partial charge on any atom is -0.493 e. The molecule has 2 amide bonds. The van der Waals surface area contributed by atoms with Crippen LogP contribution in [-0.2, 0) is 11.0 Å². The number of nitrogens with one attached hydrogen (secondary N) is 1. The number of hydrogen-bond donors (Lipinski definition) is 1. The standard InChI is InChI=1S/C20H15ClF3NO4S/c1-9-6-13(20(22,23)24)14(21)8-15(9)29-10-2-3-11-12(4-5-28-16(11)7-10)17-18(26)25-19(27)30-17/h2-3,6-8,12,17H,4-5H2,1H3,(H,25,26,27)/t12-,17?/m1/s1. The van der Waals surface area contributed by atoms with Crippen LogP contribution in [0.25, 0.3) is 0 Å². The van der Waals surface area contributed by atoms with E-state index in [0.717, 1.165) is 29.5 Å². The third kappa shape index (κ3) is 3.96. The minimum absolute atomic E-state index is 0.191. The molecule has 30 heavy (non-hydrogen) atoms. The van der Waals surface area contributed by atoms with Crippen molar-refractivity contribution in [2.45, 2.75) is 30.7 Å². The Kier molecular flexibility index (Phi) is 5.36. The van der Waals surface area contributed by atoms with Crippen LogP contribution in [0.15, 0.2) is 30.3 Å². The van der Waals surface area contributed by atoms with Gasteiger partial charge in [0.1, 0.15) is 22.5 Å². The Morgan fingerprint density at radius 2 is 2.00 bits per heavy atom. The highest BCUT2D eigenvalue weighted by Gasteiger charge is 2.41. The Hall–Kier alpha value is -2.39. The molecule has 0 aliphatic carbocycles. The predicted octanol–water partition coefficient (Wildman–Crippen LogP) is 5.68. The molecule has 4 rings (SSSR count). The van der Waals surface area contributed by atoms with Crippen LogP contribution in [0.4, 0.5) is 18.0 Å². The molecule has 2 heterocycles. The van der Waals surface area contributed by atoms with E-state index in [0.29, 0.717) is 24.5 Å². The maximum atomic E-state index is 13.0. The Labute approximate surface area is 178 Å². The molecule has 0 radical (unpaired) electrons. The molecule has 1 saturated heterocycles. The molecular weight excluding hydrogens is 443 g/mol. The second-order valence-electron chi connectivity index (χ2n) is 6.96. The number of amides is 2. The summed E-state index contributed by atoms with van der Waals surface area (Å²) in [6.07, 6.45) is -3.97. The van der Waals surface area contributed by atoms with Gasteiger partial charge in [-0.15, -0.1) is 0 Å². The zero-order valence-electron chi connectivity index (χ0n) is 15.5. The first-order chi connectivity index (χ1) is 14.1. The maximum Gasteiger partial charge on any atom is 0.417 e. The van der Waals surface area contributed by atoms with Crippen molar-refractivity contribution in [3.05, 3.63) is 52.0 Å². The fourth-order valence-corrected chi connectivity index (χ4v) is 4.79. The molecule has 2 aliphatic rings. The maximum absolute atomic E-state index is 13.0. The zero-order chi connectivity index (χ0) is 21.6. The van der Waals surface area contributed by atoms with Crippen LogP contribution in [0.2, 0.25) is 5.02 Å².